The van der Waals surface area contributed by atoms with E-state index in [1.807, 2.05) is 12.1 Å². The summed E-state index contributed by atoms with van der Waals surface area (Å²) in [6.07, 6.45) is -0.746. The van der Waals surface area contributed by atoms with Crippen LogP contribution < -0.4 is 10.5 Å². The van der Waals surface area contributed by atoms with E-state index in [2.05, 4.69) is 0 Å². The van der Waals surface area contributed by atoms with Crippen molar-refractivity contribution in [3.05, 3.63) is 24.3 Å². The normalized spacial score (nSPS) is 15.0. The van der Waals surface area contributed by atoms with Gasteiger partial charge >= 0.3 is 0 Å². The van der Waals surface area contributed by atoms with Crippen LogP contribution in [0.1, 0.15) is 13.8 Å². The minimum atomic E-state index is -0.500. The standard InChI is InChI=1S/C10H15NO2/c1-7(12)8(2)13-10-6-4-3-5-9(10)11/h3-8,12H,11H2,1-2H3. The van der Waals surface area contributed by atoms with Gasteiger partial charge in [-0.15, -0.1) is 0 Å². The highest BCUT2D eigenvalue weighted by Crippen LogP contribution is 2.21. The fourth-order valence-corrected chi connectivity index (χ4v) is 0.887. The van der Waals surface area contributed by atoms with Crippen molar-refractivity contribution in [3.8, 4) is 5.75 Å². The molecule has 1 aromatic rings. The molecule has 0 spiro atoms. The summed E-state index contributed by atoms with van der Waals surface area (Å²) in [5.41, 5.74) is 6.25. The Bertz CT molecular complexity index is 273. The van der Waals surface area contributed by atoms with E-state index in [0.29, 0.717) is 11.4 Å². The second-order valence-electron chi connectivity index (χ2n) is 3.10. The zero-order valence-electron chi connectivity index (χ0n) is 7.90. The van der Waals surface area contributed by atoms with Crippen LogP contribution in [0.5, 0.6) is 5.75 Å². The van der Waals surface area contributed by atoms with E-state index in [-0.39, 0.29) is 6.10 Å². The van der Waals surface area contributed by atoms with Crippen LogP contribution in [0.3, 0.4) is 0 Å². The maximum atomic E-state index is 9.21. The summed E-state index contributed by atoms with van der Waals surface area (Å²) in [7, 11) is 0. The number of nitrogens with two attached hydrogens (primary N) is 1. The number of para-hydroxylation sites is 2. The molecule has 72 valence electrons. The Morgan fingerprint density at radius 3 is 2.46 bits per heavy atom. The molecule has 3 N–H and O–H groups in total. The smallest absolute Gasteiger partial charge is 0.142 e. The first kappa shape index (κ1) is 9.86. The first-order valence-corrected chi connectivity index (χ1v) is 4.30. The molecule has 0 aliphatic heterocycles. The highest BCUT2D eigenvalue weighted by atomic mass is 16.5. The average molecular weight is 181 g/mol. The summed E-state index contributed by atoms with van der Waals surface area (Å²) in [5, 5.41) is 9.21. The van der Waals surface area contributed by atoms with Crippen LogP contribution in [0.15, 0.2) is 24.3 Å². The lowest BCUT2D eigenvalue weighted by atomic mass is 10.2. The average Bonchev–Trinajstić information content (AvgIpc) is 2.08. The molecule has 3 nitrogen and oxygen atoms in total. The third kappa shape index (κ3) is 2.63. The van der Waals surface area contributed by atoms with E-state index in [1.54, 1.807) is 26.0 Å². The number of nitrogen functional groups attached to an aromatic ring is 1. The fraction of sp³-hybridized carbons (Fsp3) is 0.400. The van der Waals surface area contributed by atoms with Gasteiger partial charge in [-0.25, -0.2) is 0 Å². The van der Waals surface area contributed by atoms with Crippen molar-refractivity contribution in [2.45, 2.75) is 26.1 Å². The molecular formula is C10H15NO2. The van der Waals surface area contributed by atoms with Gasteiger partial charge in [0.1, 0.15) is 11.9 Å². The van der Waals surface area contributed by atoms with E-state index in [1.165, 1.54) is 0 Å². The van der Waals surface area contributed by atoms with Gasteiger partial charge in [0.15, 0.2) is 0 Å². The predicted molar refractivity (Wildman–Crippen MR) is 52.6 cm³/mol. The predicted octanol–water partition coefficient (Wildman–Crippen LogP) is 1.42. The van der Waals surface area contributed by atoms with Crippen molar-refractivity contribution in [3.63, 3.8) is 0 Å². The first-order chi connectivity index (χ1) is 6.11. The van der Waals surface area contributed by atoms with Crippen molar-refractivity contribution >= 4 is 5.69 Å². The SMILES string of the molecule is CC(O)C(C)Oc1ccccc1N. The van der Waals surface area contributed by atoms with Gasteiger partial charge < -0.3 is 15.6 Å². The Balaban J connectivity index is 2.69. The van der Waals surface area contributed by atoms with Crippen LogP contribution in [0.25, 0.3) is 0 Å². The van der Waals surface area contributed by atoms with Crippen molar-refractivity contribution < 1.29 is 9.84 Å². The van der Waals surface area contributed by atoms with Gasteiger partial charge in [0.2, 0.25) is 0 Å². The molecule has 0 aromatic heterocycles. The lowest BCUT2D eigenvalue weighted by molar-refractivity contribution is 0.0609. The lowest BCUT2D eigenvalue weighted by Gasteiger charge is -2.18. The molecule has 2 atom stereocenters. The summed E-state index contributed by atoms with van der Waals surface area (Å²) in [4.78, 5) is 0. The highest BCUT2D eigenvalue weighted by molar-refractivity contribution is 5.51. The van der Waals surface area contributed by atoms with E-state index >= 15 is 0 Å². The van der Waals surface area contributed by atoms with Crippen molar-refractivity contribution in [2.24, 2.45) is 0 Å². The zero-order valence-corrected chi connectivity index (χ0v) is 7.90. The van der Waals surface area contributed by atoms with Gasteiger partial charge in [-0.1, -0.05) is 12.1 Å². The van der Waals surface area contributed by atoms with E-state index in [9.17, 15) is 5.11 Å². The van der Waals surface area contributed by atoms with Crippen molar-refractivity contribution in [2.75, 3.05) is 5.73 Å². The number of hydrogen-bond acceptors (Lipinski definition) is 3. The molecule has 1 rings (SSSR count). The van der Waals surface area contributed by atoms with Gasteiger partial charge in [0.05, 0.1) is 11.8 Å². The topological polar surface area (TPSA) is 55.5 Å². The molecule has 13 heavy (non-hydrogen) atoms. The van der Waals surface area contributed by atoms with Crippen molar-refractivity contribution in [1.82, 2.24) is 0 Å². The third-order valence-corrected chi connectivity index (χ3v) is 1.91. The van der Waals surface area contributed by atoms with Gasteiger partial charge in [0.25, 0.3) is 0 Å². The minimum Gasteiger partial charge on any atom is -0.486 e. The molecule has 2 unspecified atom stereocenters. The van der Waals surface area contributed by atoms with E-state index in [4.69, 9.17) is 10.5 Å². The van der Waals surface area contributed by atoms with Crippen LogP contribution in [0.2, 0.25) is 0 Å². The number of hydrogen-bond donors (Lipinski definition) is 2. The zero-order chi connectivity index (χ0) is 9.84. The van der Waals surface area contributed by atoms with Crippen LogP contribution in [0.4, 0.5) is 5.69 Å². The van der Waals surface area contributed by atoms with Gasteiger partial charge in [0, 0.05) is 0 Å². The Morgan fingerprint density at radius 2 is 1.92 bits per heavy atom. The number of aliphatic hydroxyl groups is 1. The molecule has 0 amide bonds. The first-order valence-electron chi connectivity index (χ1n) is 4.30. The number of benzene rings is 1. The number of anilines is 1. The largest absolute Gasteiger partial charge is 0.486 e. The molecule has 0 aliphatic rings. The Labute approximate surface area is 78.1 Å². The van der Waals surface area contributed by atoms with Crippen LogP contribution >= 0.6 is 0 Å². The molecule has 0 bridgehead atoms. The molecule has 0 radical (unpaired) electrons. The minimum absolute atomic E-state index is 0.246. The molecule has 1 aromatic carbocycles. The quantitative estimate of drug-likeness (QED) is 0.693. The molecule has 3 heteroatoms. The molecule has 0 saturated heterocycles. The maximum absolute atomic E-state index is 9.21. The summed E-state index contributed by atoms with van der Waals surface area (Å²) < 4.78 is 5.43. The van der Waals surface area contributed by atoms with Gasteiger partial charge in [-0.05, 0) is 26.0 Å². The van der Waals surface area contributed by atoms with Crippen LogP contribution in [-0.2, 0) is 0 Å². The number of rotatable bonds is 3. The summed E-state index contributed by atoms with van der Waals surface area (Å²) >= 11 is 0. The lowest BCUT2D eigenvalue weighted by Crippen LogP contribution is -2.25. The highest BCUT2D eigenvalue weighted by Gasteiger charge is 2.11. The van der Waals surface area contributed by atoms with Gasteiger partial charge in [-0.2, -0.15) is 0 Å². The van der Waals surface area contributed by atoms with Crippen LogP contribution in [0, 0.1) is 0 Å². The summed E-state index contributed by atoms with van der Waals surface area (Å²) in [5.74, 6) is 0.621. The Morgan fingerprint density at radius 1 is 1.31 bits per heavy atom. The van der Waals surface area contributed by atoms with Crippen LogP contribution in [-0.4, -0.2) is 17.3 Å². The molecule has 0 saturated carbocycles. The second-order valence-corrected chi connectivity index (χ2v) is 3.10. The fourth-order valence-electron chi connectivity index (χ4n) is 0.887. The van der Waals surface area contributed by atoms with E-state index < -0.39 is 6.10 Å². The number of ether oxygens (including phenoxy) is 1. The third-order valence-electron chi connectivity index (χ3n) is 1.91. The molecular weight excluding hydrogens is 166 g/mol. The van der Waals surface area contributed by atoms with Crippen molar-refractivity contribution in [1.29, 1.82) is 0 Å². The summed E-state index contributed by atoms with van der Waals surface area (Å²) in [6, 6.07) is 7.24. The Kier molecular flexibility index (Phi) is 3.14. The monoisotopic (exact) mass is 181 g/mol. The molecule has 0 fully saturated rings. The number of aliphatic hydroxyl groups excluding tert-OH is 1. The van der Waals surface area contributed by atoms with E-state index in [0.717, 1.165) is 0 Å². The van der Waals surface area contributed by atoms with Gasteiger partial charge in [-0.3, -0.25) is 0 Å². The molecule has 0 aliphatic carbocycles. The molecule has 0 heterocycles. The second kappa shape index (κ2) is 4.14. The maximum Gasteiger partial charge on any atom is 0.142 e. The summed E-state index contributed by atoms with van der Waals surface area (Å²) in [6.45, 7) is 3.49. The Hall–Kier alpha value is -1.22.